The van der Waals surface area contributed by atoms with Gasteiger partial charge in [0.2, 0.25) is 0 Å². The van der Waals surface area contributed by atoms with Crippen LogP contribution in [0.25, 0.3) is 0 Å². The van der Waals surface area contributed by atoms with Gasteiger partial charge in [-0.15, -0.1) is 0 Å². The smallest absolute Gasteiger partial charge is 0.199 e. The molecule has 0 aliphatic carbocycles. The van der Waals surface area contributed by atoms with Gasteiger partial charge in [0.05, 0.1) is 19.9 Å². The zero-order valence-electron chi connectivity index (χ0n) is 15.3. The molecule has 1 saturated heterocycles. The van der Waals surface area contributed by atoms with Gasteiger partial charge in [-0.25, -0.2) is 4.68 Å². The van der Waals surface area contributed by atoms with Crippen molar-refractivity contribution in [1.82, 2.24) is 19.2 Å². The van der Waals surface area contributed by atoms with Crippen LogP contribution in [0.3, 0.4) is 0 Å². The first-order valence-electron chi connectivity index (χ1n) is 8.78. The van der Waals surface area contributed by atoms with E-state index in [4.69, 9.17) is 17.0 Å². The Labute approximate surface area is 154 Å². The van der Waals surface area contributed by atoms with Gasteiger partial charge in [0, 0.05) is 31.4 Å². The van der Waals surface area contributed by atoms with E-state index in [0.717, 1.165) is 37.6 Å². The second-order valence-electron chi connectivity index (χ2n) is 6.84. The van der Waals surface area contributed by atoms with E-state index < -0.39 is 0 Å². The second-order valence-corrected chi connectivity index (χ2v) is 7.20. The van der Waals surface area contributed by atoms with Crippen LogP contribution in [0.1, 0.15) is 25.5 Å². The first kappa shape index (κ1) is 18.1. The molecular formula is C18H27N5OS. The van der Waals surface area contributed by atoms with E-state index in [0.29, 0.717) is 12.7 Å². The number of hydrogen-bond donors (Lipinski definition) is 0. The van der Waals surface area contributed by atoms with Crippen molar-refractivity contribution in [2.75, 3.05) is 38.3 Å². The lowest BCUT2D eigenvalue weighted by Crippen LogP contribution is -2.36. The molecule has 25 heavy (non-hydrogen) atoms. The summed E-state index contributed by atoms with van der Waals surface area (Å²) in [7, 11) is 2.09. The lowest BCUT2D eigenvalue weighted by Gasteiger charge is -2.29. The maximum absolute atomic E-state index is 5.50. The Hall–Kier alpha value is -1.70. The van der Waals surface area contributed by atoms with E-state index >= 15 is 0 Å². The summed E-state index contributed by atoms with van der Waals surface area (Å²) >= 11 is 5.50. The largest absolute Gasteiger partial charge is 0.378 e. The standard InChI is InChI=1S/C18H27N5OS/c1-15(2)22-13-19-23(18(22)25)14-20(3)12-16-4-6-17(7-5-16)21-8-10-24-11-9-21/h4-7,13,15H,8-12,14H2,1-3H3. The van der Waals surface area contributed by atoms with Gasteiger partial charge in [-0.2, -0.15) is 5.10 Å². The average molecular weight is 362 g/mol. The van der Waals surface area contributed by atoms with Gasteiger partial charge < -0.3 is 14.2 Å². The van der Waals surface area contributed by atoms with Crippen molar-refractivity contribution < 1.29 is 4.74 Å². The third-order valence-corrected chi connectivity index (χ3v) is 4.88. The van der Waals surface area contributed by atoms with E-state index in [1.165, 1.54) is 11.3 Å². The Bertz CT molecular complexity index is 731. The minimum absolute atomic E-state index is 0.333. The molecule has 7 heteroatoms. The van der Waals surface area contributed by atoms with E-state index in [2.05, 4.69) is 60.1 Å². The van der Waals surface area contributed by atoms with E-state index in [9.17, 15) is 0 Å². The van der Waals surface area contributed by atoms with Crippen LogP contribution in [0.15, 0.2) is 30.6 Å². The van der Waals surface area contributed by atoms with Gasteiger partial charge >= 0.3 is 0 Å². The molecule has 2 aromatic rings. The lowest BCUT2D eigenvalue weighted by molar-refractivity contribution is 0.122. The molecule has 0 saturated carbocycles. The SMILES string of the molecule is CC(C)n1cnn(CN(C)Cc2ccc(N3CCOCC3)cc2)c1=S. The van der Waals surface area contributed by atoms with Crippen LogP contribution in [0, 0.1) is 4.77 Å². The highest BCUT2D eigenvalue weighted by Crippen LogP contribution is 2.17. The maximum Gasteiger partial charge on any atom is 0.199 e. The Morgan fingerprint density at radius 2 is 1.88 bits per heavy atom. The molecule has 3 rings (SSSR count). The molecule has 0 atom stereocenters. The summed E-state index contributed by atoms with van der Waals surface area (Å²) in [5.41, 5.74) is 2.56. The normalized spacial score (nSPS) is 15.3. The maximum atomic E-state index is 5.50. The fraction of sp³-hybridized carbons (Fsp3) is 0.556. The second kappa shape index (κ2) is 8.12. The molecule has 6 nitrogen and oxygen atoms in total. The number of ether oxygens (including phenoxy) is 1. The molecule has 1 aliphatic rings. The first-order valence-corrected chi connectivity index (χ1v) is 9.19. The molecule has 1 fully saturated rings. The number of aromatic nitrogens is 3. The Morgan fingerprint density at radius 3 is 2.48 bits per heavy atom. The molecule has 2 heterocycles. The van der Waals surface area contributed by atoms with Crippen LogP contribution in [-0.4, -0.2) is 52.6 Å². The predicted molar refractivity (Wildman–Crippen MR) is 102 cm³/mol. The van der Waals surface area contributed by atoms with Crippen LogP contribution >= 0.6 is 12.2 Å². The molecule has 0 spiro atoms. The molecule has 0 amide bonds. The molecule has 1 aliphatic heterocycles. The van der Waals surface area contributed by atoms with Crippen LogP contribution in [0.4, 0.5) is 5.69 Å². The highest BCUT2D eigenvalue weighted by atomic mass is 32.1. The average Bonchev–Trinajstić information content (AvgIpc) is 2.97. The predicted octanol–water partition coefficient (Wildman–Crippen LogP) is 2.92. The summed E-state index contributed by atoms with van der Waals surface area (Å²) in [5, 5.41) is 4.41. The van der Waals surface area contributed by atoms with E-state index in [1.54, 1.807) is 0 Å². The lowest BCUT2D eigenvalue weighted by atomic mass is 10.2. The number of benzene rings is 1. The highest BCUT2D eigenvalue weighted by molar-refractivity contribution is 7.71. The molecule has 1 aromatic carbocycles. The molecule has 136 valence electrons. The van der Waals surface area contributed by atoms with Crippen LogP contribution < -0.4 is 4.90 Å². The molecule has 0 bridgehead atoms. The Morgan fingerprint density at radius 1 is 1.20 bits per heavy atom. The summed E-state index contributed by atoms with van der Waals surface area (Å²) in [6.07, 6.45) is 1.82. The summed E-state index contributed by atoms with van der Waals surface area (Å²) in [6.45, 7) is 9.33. The van der Waals surface area contributed by atoms with Crippen molar-refractivity contribution >= 4 is 17.9 Å². The van der Waals surface area contributed by atoms with E-state index in [-0.39, 0.29) is 0 Å². The number of anilines is 1. The fourth-order valence-corrected chi connectivity index (χ4v) is 3.39. The van der Waals surface area contributed by atoms with Crippen molar-refractivity contribution in [2.45, 2.75) is 33.1 Å². The Kier molecular flexibility index (Phi) is 5.88. The molecule has 0 radical (unpaired) electrons. The number of nitrogens with zero attached hydrogens (tertiary/aromatic N) is 5. The minimum atomic E-state index is 0.333. The van der Waals surface area contributed by atoms with Crippen molar-refractivity contribution in [3.05, 3.63) is 40.9 Å². The van der Waals surface area contributed by atoms with E-state index in [1.807, 2.05) is 15.6 Å². The van der Waals surface area contributed by atoms with Crippen molar-refractivity contribution in [3.63, 3.8) is 0 Å². The summed E-state index contributed by atoms with van der Waals surface area (Å²) in [6, 6.07) is 9.14. The Balaban J connectivity index is 1.59. The van der Waals surface area contributed by atoms with Crippen molar-refractivity contribution in [3.8, 4) is 0 Å². The zero-order valence-corrected chi connectivity index (χ0v) is 16.1. The summed E-state index contributed by atoms with van der Waals surface area (Å²) < 4.78 is 10.1. The molecular weight excluding hydrogens is 334 g/mol. The van der Waals surface area contributed by atoms with Crippen LogP contribution in [0.2, 0.25) is 0 Å². The third kappa shape index (κ3) is 4.48. The molecule has 0 N–H and O–H groups in total. The van der Waals surface area contributed by atoms with Gasteiger partial charge in [-0.05, 0) is 50.8 Å². The minimum Gasteiger partial charge on any atom is -0.378 e. The van der Waals surface area contributed by atoms with Crippen LogP contribution in [-0.2, 0) is 18.0 Å². The zero-order chi connectivity index (χ0) is 17.8. The first-order chi connectivity index (χ1) is 12.0. The molecule has 0 unspecified atom stereocenters. The monoisotopic (exact) mass is 361 g/mol. The quantitative estimate of drug-likeness (QED) is 0.740. The van der Waals surface area contributed by atoms with Crippen molar-refractivity contribution in [2.24, 2.45) is 0 Å². The van der Waals surface area contributed by atoms with Gasteiger partial charge in [0.15, 0.2) is 4.77 Å². The third-order valence-electron chi connectivity index (χ3n) is 4.45. The van der Waals surface area contributed by atoms with Gasteiger partial charge in [0.25, 0.3) is 0 Å². The fourth-order valence-electron chi connectivity index (χ4n) is 3.03. The molecule has 1 aromatic heterocycles. The van der Waals surface area contributed by atoms with Crippen LogP contribution in [0.5, 0.6) is 0 Å². The number of rotatable bonds is 6. The van der Waals surface area contributed by atoms with Gasteiger partial charge in [0.1, 0.15) is 6.33 Å². The highest BCUT2D eigenvalue weighted by Gasteiger charge is 2.11. The number of hydrogen-bond acceptors (Lipinski definition) is 5. The van der Waals surface area contributed by atoms with Crippen molar-refractivity contribution in [1.29, 1.82) is 0 Å². The number of morpholine rings is 1. The van der Waals surface area contributed by atoms with Gasteiger partial charge in [-0.3, -0.25) is 4.90 Å². The summed E-state index contributed by atoms with van der Waals surface area (Å²) in [5.74, 6) is 0. The summed E-state index contributed by atoms with van der Waals surface area (Å²) in [4.78, 5) is 4.59. The topological polar surface area (TPSA) is 38.5 Å². The van der Waals surface area contributed by atoms with Gasteiger partial charge in [-0.1, -0.05) is 12.1 Å².